The molecule has 2 rings (SSSR count). The van der Waals surface area contributed by atoms with Crippen LogP contribution in [0.2, 0.25) is 0 Å². The molecule has 1 aromatic carbocycles. The number of benzene rings is 1. The molecular formula is C15H18N2O. The molecule has 1 atom stereocenters. The molecule has 2 N–H and O–H groups in total. The summed E-state index contributed by atoms with van der Waals surface area (Å²) in [5.41, 5.74) is 7.98. The van der Waals surface area contributed by atoms with Gasteiger partial charge in [-0.25, -0.2) is 0 Å². The highest BCUT2D eigenvalue weighted by Crippen LogP contribution is 2.24. The van der Waals surface area contributed by atoms with Gasteiger partial charge in [0.1, 0.15) is 11.9 Å². The molecule has 1 aromatic heterocycles. The lowest BCUT2D eigenvalue weighted by molar-refractivity contribution is 0.197. The summed E-state index contributed by atoms with van der Waals surface area (Å²) >= 11 is 0. The molecule has 3 heteroatoms. The molecule has 3 nitrogen and oxygen atoms in total. The summed E-state index contributed by atoms with van der Waals surface area (Å²) in [6, 6.07) is 12.0. The molecule has 0 saturated heterocycles. The maximum atomic E-state index is 5.99. The second-order valence-corrected chi connectivity index (χ2v) is 4.28. The maximum absolute atomic E-state index is 5.99. The van der Waals surface area contributed by atoms with Gasteiger partial charge in [0.25, 0.3) is 0 Å². The Morgan fingerprint density at radius 2 is 1.78 bits per heavy atom. The van der Waals surface area contributed by atoms with Crippen LogP contribution in [0.5, 0.6) is 5.75 Å². The highest BCUT2D eigenvalue weighted by Gasteiger charge is 2.12. The molecule has 94 valence electrons. The van der Waals surface area contributed by atoms with Gasteiger partial charge in [-0.1, -0.05) is 17.7 Å². The zero-order chi connectivity index (χ0) is 12.8. The Morgan fingerprint density at radius 1 is 1.11 bits per heavy atom. The standard InChI is InChI=1S/C15H18N2O/c1-12-2-4-14(5-3-12)18-15(6-9-16)13-7-10-17-11-8-13/h2-5,7-8,10-11,15H,6,9,16H2,1H3. The van der Waals surface area contributed by atoms with E-state index in [-0.39, 0.29) is 6.10 Å². The van der Waals surface area contributed by atoms with Crippen LogP contribution in [-0.4, -0.2) is 11.5 Å². The molecule has 18 heavy (non-hydrogen) atoms. The van der Waals surface area contributed by atoms with E-state index in [9.17, 15) is 0 Å². The molecule has 0 fully saturated rings. The fourth-order valence-corrected chi connectivity index (χ4v) is 1.80. The minimum Gasteiger partial charge on any atom is -0.486 e. The van der Waals surface area contributed by atoms with Crippen molar-refractivity contribution in [3.05, 3.63) is 59.9 Å². The van der Waals surface area contributed by atoms with Gasteiger partial charge in [-0.2, -0.15) is 0 Å². The molecule has 1 heterocycles. The summed E-state index contributed by atoms with van der Waals surface area (Å²) in [7, 11) is 0. The van der Waals surface area contributed by atoms with Gasteiger partial charge in [-0.05, 0) is 43.3 Å². The fourth-order valence-electron chi connectivity index (χ4n) is 1.80. The SMILES string of the molecule is Cc1ccc(OC(CCN)c2ccncc2)cc1. The van der Waals surface area contributed by atoms with E-state index in [1.54, 1.807) is 12.4 Å². The Hall–Kier alpha value is -1.87. The van der Waals surface area contributed by atoms with Crippen molar-refractivity contribution in [2.24, 2.45) is 5.73 Å². The quantitative estimate of drug-likeness (QED) is 0.877. The van der Waals surface area contributed by atoms with Crippen LogP contribution in [0.4, 0.5) is 0 Å². The first-order valence-electron chi connectivity index (χ1n) is 6.13. The van der Waals surface area contributed by atoms with Crippen molar-refractivity contribution in [1.82, 2.24) is 4.98 Å². The van der Waals surface area contributed by atoms with E-state index < -0.39 is 0 Å². The van der Waals surface area contributed by atoms with Crippen LogP contribution in [0.25, 0.3) is 0 Å². The number of aromatic nitrogens is 1. The third kappa shape index (κ3) is 3.31. The minimum absolute atomic E-state index is 0.0132. The lowest BCUT2D eigenvalue weighted by atomic mass is 10.1. The number of nitrogens with zero attached hydrogens (tertiary/aromatic N) is 1. The van der Waals surface area contributed by atoms with E-state index in [2.05, 4.69) is 11.9 Å². The Bertz CT molecular complexity index is 468. The largest absolute Gasteiger partial charge is 0.486 e. The molecule has 1 unspecified atom stereocenters. The normalized spacial score (nSPS) is 12.1. The van der Waals surface area contributed by atoms with Crippen molar-refractivity contribution in [2.45, 2.75) is 19.4 Å². The number of pyridine rings is 1. The monoisotopic (exact) mass is 242 g/mol. The molecule has 0 amide bonds. The van der Waals surface area contributed by atoms with Gasteiger partial charge < -0.3 is 10.5 Å². The van der Waals surface area contributed by atoms with Crippen molar-refractivity contribution < 1.29 is 4.74 Å². The van der Waals surface area contributed by atoms with Crippen molar-refractivity contribution in [3.63, 3.8) is 0 Å². The van der Waals surface area contributed by atoms with Gasteiger partial charge in [0, 0.05) is 18.8 Å². The average Bonchev–Trinajstić information content (AvgIpc) is 2.42. The third-order valence-electron chi connectivity index (χ3n) is 2.81. The Morgan fingerprint density at radius 3 is 2.39 bits per heavy atom. The van der Waals surface area contributed by atoms with Crippen LogP contribution in [-0.2, 0) is 0 Å². The van der Waals surface area contributed by atoms with Crippen LogP contribution >= 0.6 is 0 Å². The predicted molar refractivity (Wildman–Crippen MR) is 72.5 cm³/mol. The van der Waals surface area contributed by atoms with Crippen molar-refractivity contribution in [3.8, 4) is 5.75 Å². The van der Waals surface area contributed by atoms with Gasteiger partial charge in [0.2, 0.25) is 0 Å². The maximum Gasteiger partial charge on any atom is 0.125 e. The molecule has 0 saturated carbocycles. The zero-order valence-electron chi connectivity index (χ0n) is 10.5. The summed E-state index contributed by atoms with van der Waals surface area (Å²) < 4.78 is 5.99. The van der Waals surface area contributed by atoms with Crippen LogP contribution in [0.15, 0.2) is 48.8 Å². The lowest BCUT2D eigenvalue weighted by Gasteiger charge is -2.19. The number of hydrogen-bond donors (Lipinski definition) is 1. The number of nitrogens with two attached hydrogens (primary N) is 1. The van der Waals surface area contributed by atoms with Gasteiger partial charge in [-0.15, -0.1) is 0 Å². The predicted octanol–water partition coefficient (Wildman–Crippen LogP) is 2.86. The molecule has 0 spiro atoms. The topological polar surface area (TPSA) is 48.1 Å². The fraction of sp³-hybridized carbons (Fsp3) is 0.267. The summed E-state index contributed by atoms with van der Waals surface area (Å²) in [6.07, 6.45) is 4.33. The number of ether oxygens (including phenoxy) is 1. The van der Waals surface area contributed by atoms with Gasteiger partial charge in [0.15, 0.2) is 0 Å². The molecular weight excluding hydrogens is 224 g/mol. The average molecular weight is 242 g/mol. The van der Waals surface area contributed by atoms with Crippen LogP contribution in [0, 0.1) is 6.92 Å². The highest BCUT2D eigenvalue weighted by molar-refractivity contribution is 5.27. The molecule has 0 bridgehead atoms. The van der Waals surface area contributed by atoms with E-state index in [1.165, 1.54) is 5.56 Å². The molecule has 0 aliphatic carbocycles. The van der Waals surface area contributed by atoms with Crippen molar-refractivity contribution in [1.29, 1.82) is 0 Å². The minimum atomic E-state index is -0.0132. The summed E-state index contributed by atoms with van der Waals surface area (Å²) in [6.45, 7) is 2.66. The first kappa shape index (κ1) is 12.6. The Balaban J connectivity index is 2.14. The van der Waals surface area contributed by atoms with E-state index in [1.807, 2.05) is 36.4 Å². The Kier molecular flexibility index (Phi) is 4.31. The third-order valence-corrected chi connectivity index (χ3v) is 2.81. The second-order valence-electron chi connectivity index (χ2n) is 4.28. The molecule has 0 aliphatic heterocycles. The summed E-state index contributed by atoms with van der Waals surface area (Å²) in [4.78, 5) is 4.02. The van der Waals surface area contributed by atoms with Crippen molar-refractivity contribution >= 4 is 0 Å². The van der Waals surface area contributed by atoms with Crippen LogP contribution < -0.4 is 10.5 Å². The number of rotatable bonds is 5. The van der Waals surface area contributed by atoms with Gasteiger partial charge in [0.05, 0.1) is 0 Å². The summed E-state index contributed by atoms with van der Waals surface area (Å²) in [5, 5.41) is 0. The number of hydrogen-bond acceptors (Lipinski definition) is 3. The van der Waals surface area contributed by atoms with Gasteiger partial charge >= 0.3 is 0 Å². The highest BCUT2D eigenvalue weighted by atomic mass is 16.5. The van der Waals surface area contributed by atoms with E-state index in [0.29, 0.717) is 6.54 Å². The lowest BCUT2D eigenvalue weighted by Crippen LogP contribution is -2.13. The zero-order valence-corrected chi connectivity index (χ0v) is 10.5. The van der Waals surface area contributed by atoms with Crippen LogP contribution in [0.3, 0.4) is 0 Å². The van der Waals surface area contributed by atoms with E-state index in [0.717, 1.165) is 17.7 Å². The smallest absolute Gasteiger partial charge is 0.125 e. The van der Waals surface area contributed by atoms with Crippen molar-refractivity contribution in [2.75, 3.05) is 6.54 Å². The first-order chi connectivity index (χ1) is 8.79. The number of aryl methyl sites for hydroxylation is 1. The van der Waals surface area contributed by atoms with Gasteiger partial charge in [-0.3, -0.25) is 4.98 Å². The summed E-state index contributed by atoms with van der Waals surface area (Å²) in [5.74, 6) is 0.871. The molecule has 0 radical (unpaired) electrons. The van der Waals surface area contributed by atoms with E-state index >= 15 is 0 Å². The van der Waals surface area contributed by atoms with Crippen LogP contribution in [0.1, 0.15) is 23.7 Å². The second kappa shape index (κ2) is 6.17. The first-order valence-corrected chi connectivity index (χ1v) is 6.13. The Labute approximate surface area is 108 Å². The molecule has 0 aliphatic rings. The molecule has 2 aromatic rings. The van der Waals surface area contributed by atoms with E-state index in [4.69, 9.17) is 10.5 Å².